The Morgan fingerprint density at radius 1 is 1.07 bits per heavy atom. The summed E-state index contributed by atoms with van der Waals surface area (Å²) in [6.45, 7) is 2.21. The summed E-state index contributed by atoms with van der Waals surface area (Å²) in [5, 5.41) is 12.7. The number of pyridine rings is 2. The molecule has 0 saturated carbocycles. The van der Waals surface area contributed by atoms with Crippen molar-refractivity contribution < 1.29 is 23.8 Å². The van der Waals surface area contributed by atoms with E-state index in [0.29, 0.717) is 39.8 Å². The zero-order chi connectivity index (χ0) is 31.7. The van der Waals surface area contributed by atoms with Crippen molar-refractivity contribution in [1.29, 1.82) is 5.41 Å². The van der Waals surface area contributed by atoms with Crippen LogP contribution in [0.1, 0.15) is 56.5 Å². The van der Waals surface area contributed by atoms with Crippen LogP contribution in [0.4, 0.5) is 5.00 Å². The number of aromatic nitrogens is 3. The summed E-state index contributed by atoms with van der Waals surface area (Å²) in [5.41, 5.74) is 2.46. The van der Waals surface area contributed by atoms with Crippen LogP contribution in [0.15, 0.2) is 53.5 Å². The van der Waals surface area contributed by atoms with Crippen molar-refractivity contribution in [3.05, 3.63) is 91.6 Å². The van der Waals surface area contributed by atoms with Crippen LogP contribution in [-0.4, -0.2) is 46.7 Å². The molecule has 0 saturated heterocycles. The monoisotopic (exact) mass is 627 g/mol. The molecular weight excluding hydrogens is 594 g/mol. The summed E-state index contributed by atoms with van der Waals surface area (Å²) in [7, 11) is 3.13. The number of benzene rings is 1. The molecule has 0 unspecified atom stereocenters. The highest BCUT2D eigenvalue weighted by Crippen LogP contribution is 2.39. The van der Waals surface area contributed by atoms with Gasteiger partial charge in [0.05, 0.1) is 37.3 Å². The topological polar surface area (TPSA) is 137 Å². The molecule has 5 aromatic rings. The maximum absolute atomic E-state index is 13.9. The number of carbonyl (C=O) groups excluding carboxylic acids is 2. The van der Waals surface area contributed by atoms with E-state index in [0.717, 1.165) is 41.7 Å². The molecule has 1 aromatic carbocycles. The van der Waals surface area contributed by atoms with Crippen molar-refractivity contribution >= 4 is 44.9 Å². The van der Waals surface area contributed by atoms with Gasteiger partial charge in [-0.25, -0.2) is 9.78 Å². The lowest BCUT2D eigenvalue weighted by Gasteiger charge is -2.16. The van der Waals surface area contributed by atoms with Gasteiger partial charge in [-0.2, -0.15) is 0 Å². The number of ether oxygens (including phenoxy) is 3. The Balaban J connectivity index is 1.45. The van der Waals surface area contributed by atoms with E-state index >= 15 is 0 Å². The van der Waals surface area contributed by atoms with Gasteiger partial charge in [-0.1, -0.05) is 12.1 Å². The number of esters is 1. The molecule has 4 aromatic heterocycles. The number of nitrogens with zero attached hydrogens (tertiary/aromatic N) is 3. The molecule has 1 aliphatic rings. The van der Waals surface area contributed by atoms with Crippen LogP contribution in [0, 0.1) is 5.41 Å². The summed E-state index contributed by atoms with van der Waals surface area (Å²) < 4.78 is 19.2. The van der Waals surface area contributed by atoms with Gasteiger partial charge in [0.15, 0.2) is 11.5 Å². The van der Waals surface area contributed by atoms with Crippen LogP contribution in [0.5, 0.6) is 11.5 Å². The lowest BCUT2D eigenvalue weighted by molar-refractivity contribution is 0.0526. The molecule has 45 heavy (non-hydrogen) atoms. The molecule has 0 fully saturated rings. The molecule has 0 spiro atoms. The smallest absolute Gasteiger partial charge is 0.341 e. The molecule has 0 atom stereocenters. The van der Waals surface area contributed by atoms with Crippen LogP contribution in [-0.2, 0) is 30.5 Å². The SMILES string of the molecule is CCOC(=O)c1c(NC(=O)c2cc3c(=O)n4ccccc4nc3n(CCc3ccc(OC)c(OC)c3)c2=N)sc2c1CCCC2. The van der Waals surface area contributed by atoms with Crippen LogP contribution < -0.4 is 25.8 Å². The maximum atomic E-state index is 13.9. The first kappa shape index (κ1) is 30.1. The number of hydrogen-bond donors (Lipinski definition) is 2. The van der Waals surface area contributed by atoms with E-state index in [1.807, 2.05) is 18.2 Å². The molecule has 0 radical (unpaired) electrons. The number of thiophene rings is 1. The van der Waals surface area contributed by atoms with Crippen molar-refractivity contribution in [3.63, 3.8) is 0 Å². The minimum absolute atomic E-state index is 0.00854. The quantitative estimate of drug-likeness (QED) is 0.178. The minimum atomic E-state index is -0.594. The molecule has 11 nitrogen and oxygen atoms in total. The fraction of sp³-hybridized carbons (Fsp3) is 0.303. The van der Waals surface area contributed by atoms with E-state index < -0.39 is 11.9 Å². The Hall–Kier alpha value is -4.97. The number of nitrogens with one attached hydrogen (secondary N) is 2. The van der Waals surface area contributed by atoms with Crippen LogP contribution in [0.2, 0.25) is 0 Å². The highest BCUT2D eigenvalue weighted by molar-refractivity contribution is 7.17. The summed E-state index contributed by atoms with van der Waals surface area (Å²) in [6.07, 6.45) is 5.60. The summed E-state index contributed by atoms with van der Waals surface area (Å²) in [6, 6.07) is 12.2. The van der Waals surface area contributed by atoms with Crippen molar-refractivity contribution in [2.45, 2.75) is 45.6 Å². The summed E-state index contributed by atoms with van der Waals surface area (Å²) in [5.74, 6) is 0.0967. The van der Waals surface area contributed by atoms with Crippen LogP contribution >= 0.6 is 11.3 Å². The Morgan fingerprint density at radius 3 is 2.64 bits per heavy atom. The molecule has 6 rings (SSSR count). The fourth-order valence-electron chi connectivity index (χ4n) is 5.80. The molecular formula is C33H33N5O6S. The third-order valence-electron chi connectivity index (χ3n) is 8.01. The third kappa shape index (κ3) is 5.57. The lowest BCUT2D eigenvalue weighted by Crippen LogP contribution is -2.32. The number of aryl methyl sites for hydroxylation is 3. The number of amides is 1. The Morgan fingerprint density at radius 2 is 1.87 bits per heavy atom. The Labute approximate surface area is 262 Å². The van der Waals surface area contributed by atoms with E-state index in [9.17, 15) is 14.4 Å². The van der Waals surface area contributed by atoms with Gasteiger partial charge < -0.3 is 24.1 Å². The maximum Gasteiger partial charge on any atom is 0.341 e. The number of methoxy groups -OCH3 is 2. The fourth-order valence-corrected chi connectivity index (χ4v) is 7.07. The molecule has 1 aliphatic carbocycles. The highest BCUT2D eigenvalue weighted by atomic mass is 32.1. The molecule has 232 valence electrons. The first-order valence-electron chi connectivity index (χ1n) is 14.8. The van der Waals surface area contributed by atoms with E-state index in [2.05, 4.69) is 5.32 Å². The van der Waals surface area contributed by atoms with Crippen molar-refractivity contribution in [1.82, 2.24) is 14.0 Å². The van der Waals surface area contributed by atoms with Gasteiger partial charge in [0.25, 0.3) is 11.5 Å². The average molecular weight is 628 g/mol. The molecule has 0 aliphatic heterocycles. The number of anilines is 1. The first-order valence-corrected chi connectivity index (χ1v) is 15.6. The summed E-state index contributed by atoms with van der Waals surface area (Å²) in [4.78, 5) is 46.4. The van der Waals surface area contributed by atoms with Gasteiger partial charge in [-0.05, 0) is 80.5 Å². The largest absolute Gasteiger partial charge is 0.493 e. The zero-order valence-electron chi connectivity index (χ0n) is 25.3. The zero-order valence-corrected chi connectivity index (χ0v) is 26.1. The first-order chi connectivity index (χ1) is 21.8. The highest BCUT2D eigenvalue weighted by Gasteiger charge is 2.28. The van der Waals surface area contributed by atoms with Crippen molar-refractivity contribution in [3.8, 4) is 11.5 Å². The number of carbonyl (C=O) groups is 2. The second-order valence-electron chi connectivity index (χ2n) is 10.7. The van der Waals surface area contributed by atoms with Gasteiger partial charge in [-0.15, -0.1) is 11.3 Å². The predicted molar refractivity (Wildman–Crippen MR) is 171 cm³/mol. The van der Waals surface area contributed by atoms with E-state index in [1.54, 1.807) is 50.1 Å². The van der Waals surface area contributed by atoms with Gasteiger partial charge >= 0.3 is 5.97 Å². The van der Waals surface area contributed by atoms with E-state index in [4.69, 9.17) is 24.6 Å². The van der Waals surface area contributed by atoms with Crippen molar-refractivity contribution in [2.24, 2.45) is 0 Å². The van der Waals surface area contributed by atoms with Gasteiger partial charge in [0.1, 0.15) is 21.8 Å². The second kappa shape index (κ2) is 12.6. The molecule has 2 N–H and O–H groups in total. The predicted octanol–water partition coefficient (Wildman–Crippen LogP) is 4.76. The average Bonchev–Trinajstić information content (AvgIpc) is 3.42. The van der Waals surface area contributed by atoms with Gasteiger partial charge in [0.2, 0.25) is 0 Å². The molecule has 12 heteroatoms. The van der Waals surface area contributed by atoms with Crippen molar-refractivity contribution in [2.75, 3.05) is 26.1 Å². The lowest BCUT2D eigenvalue weighted by atomic mass is 9.95. The number of rotatable bonds is 9. The second-order valence-corrected chi connectivity index (χ2v) is 11.8. The standard InChI is InChI=1S/C33H33N5O6S/c1-4-44-33(41)27-20-9-5-6-10-25(20)45-31(27)36-30(39)21-18-22-29(35-26-11-7-8-15-37(26)32(22)40)38(28(21)34)16-14-19-12-13-23(42-2)24(17-19)43-3/h7-8,11-13,15,17-18,34H,4-6,9-10,14,16H2,1-3H3,(H,36,39). The molecule has 4 heterocycles. The van der Waals surface area contributed by atoms with Gasteiger partial charge in [-0.3, -0.25) is 19.4 Å². The number of hydrogen-bond acceptors (Lipinski definition) is 9. The van der Waals surface area contributed by atoms with Gasteiger partial charge in [0, 0.05) is 17.6 Å². The Bertz CT molecular complexity index is 2080. The van der Waals surface area contributed by atoms with Crippen LogP contribution in [0.25, 0.3) is 16.7 Å². The Kier molecular flexibility index (Phi) is 8.40. The van der Waals surface area contributed by atoms with E-state index in [1.165, 1.54) is 21.8 Å². The number of fused-ring (bicyclic) bond motifs is 3. The molecule has 0 bridgehead atoms. The minimum Gasteiger partial charge on any atom is -0.493 e. The normalized spacial score (nSPS) is 12.6. The van der Waals surface area contributed by atoms with Crippen LogP contribution in [0.3, 0.4) is 0 Å². The van der Waals surface area contributed by atoms with E-state index in [-0.39, 0.29) is 35.1 Å². The summed E-state index contributed by atoms with van der Waals surface area (Å²) >= 11 is 1.37. The molecule has 1 amide bonds. The third-order valence-corrected chi connectivity index (χ3v) is 9.22.